The molecule has 2 aromatic heterocycles. The molecule has 0 saturated carbocycles. The molecule has 4 rings (SSSR count). The van der Waals surface area contributed by atoms with Gasteiger partial charge in [-0.3, -0.25) is 0 Å². The fourth-order valence-electron chi connectivity index (χ4n) is 4.18. The van der Waals surface area contributed by atoms with Crippen molar-refractivity contribution in [3.8, 4) is 11.6 Å². The van der Waals surface area contributed by atoms with Crippen molar-refractivity contribution in [2.45, 2.75) is 44.6 Å². The average molecular weight is 442 g/mol. The molecule has 0 N–H and O–H groups in total. The number of pyridine rings is 1. The van der Waals surface area contributed by atoms with Gasteiger partial charge in [0, 0.05) is 37.5 Å². The molecule has 3 heterocycles. The second kappa shape index (κ2) is 8.28. The number of piperidine rings is 1. The van der Waals surface area contributed by atoms with Gasteiger partial charge in [0.25, 0.3) is 0 Å². The highest BCUT2D eigenvalue weighted by molar-refractivity contribution is 7.90. The fraction of sp³-hybridized carbons (Fsp3) is 0.458. The van der Waals surface area contributed by atoms with Crippen molar-refractivity contribution in [2.24, 2.45) is 5.41 Å². The Morgan fingerprint density at radius 2 is 1.84 bits per heavy atom. The summed E-state index contributed by atoms with van der Waals surface area (Å²) in [7, 11) is -3.23. The predicted molar refractivity (Wildman–Crippen MR) is 124 cm³/mol. The minimum atomic E-state index is -3.23. The lowest BCUT2D eigenvalue weighted by Crippen LogP contribution is -2.42. The molecule has 31 heavy (non-hydrogen) atoms. The van der Waals surface area contributed by atoms with Gasteiger partial charge < -0.3 is 14.2 Å². The quantitative estimate of drug-likeness (QED) is 0.590. The summed E-state index contributed by atoms with van der Waals surface area (Å²) in [4.78, 5) is 7.42. The molecule has 7 heteroatoms. The van der Waals surface area contributed by atoms with Crippen LogP contribution in [0.2, 0.25) is 0 Å². The van der Waals surface area contributed by atoms with Crippen LogP contribution >= 0.6 is 0 Å². The summed E-state index contributed by atoms with van der Waals surface area (Å²) in [5.41, 5.74) is 1.24. The lowest BCUT2D eigenvalue weighted by Gasteiger charge is -2.35. The second-order valence-corrected chi connectivity index (χ2v) is 11.7. The Kier molecular flexibility index (Phi) is 5.83. The minimum absolute atomic E-state index is 0.227. The van der Waals surface area contributed by atoms with Crippen LogP contribution in [0.4, 0.5) is 0 Å². The highest BCUT2D eigenvalue weighted by Gasteiger charge is 2.24. The van der Waals surface area contributed by atoms with E-state index in [0.717, 1.165) is 54.9 Å². The minimum Gasteiger partial charge on any atom is -0.489 e. The standard InChI is InChI=1S/C24H31N3O3S/c1-24(2,3)17-26-12-10-19(11-13-26)30-20-5-8-23(25-16-20)27-14-9-18-15-21(31(4,28)29)6-7-22(18)27/h5-9,14-16,19H,10-13,17H2,1-4H3. The zero-order valence-electron chi connectivity index (χ0n) is 18.7. The normalized spacial score (nSPS) is 16.6. The topological polar surface area (TPSA) is 64.4 Å². The number of likely N-dealkylation sites (tertiary alicyclic amines) is 1. The van der Waals surface area contributed by atoms with Gasteiger partial charge in [-0.1, -0.05) is 20.8 Å². The number of benzene rings is 1. The molecular formula is C24H31N3O3S. The molecular weight excluding hydrogens is 410 g/mol. The van der Waals surface area contributed by atoms with E-state index in [1.165, 1.54) is 6.26 Å². The molecule has 1 saturated heterocycles. The SMILES string of the molecule is CC(C)(C)CN1CCC(Oc2ccc(-n3ccc4cc(S(C)(=O)=O)ccc43)nc2)CC1. The van der Waals surface area contributed by atoms with Crippen molar-refractivity contribution >= 4 is 20.7 Å². The number of rotatable bonds is 5. The van der Waals surface area contributed by atoms with Crippen LogP contribution in [0.5, 0.6) is 5.75 Å². The maximum absolute atomic E-state index is 11.8. The Labute approximate surface area is 184 Å². The van der Waals surface area contributed by atoms with E-state index in [-0.39, 0.29) is 6.10 Å². The van der Waals surface area contributed by atoms with Crippen molar-refractivity contribution in [1.29, 1.82) is 0 Å². The molecule has 0 aliphatic carbocycles. The van der Waals surface area contributed by atoms with Crippen molar-refractivity contribution in [3.05, 3.63) is 48.8 Å². The third-order valence-corrected chi connectivity index (χ3v) is 6.70. The van der Waals surface area contributed by atoms with Gasteiger partial charge in [-0.2, -0.15) is 0 Å². The van der Waals surface area contributed by atoms with E-state index in [2.05, 4.69) is 30.7 Å². The number of aromatic nitrogens is 2. The Hall–Kier alpha value is -2.38. The molecule has 1 aromatic carbocycles. The van der Waals surface area contributed by atoms with Crippen LogP contribution in [0.1, 0.15) is 33.6 Å². The summed E-state index contributed by atoms with van der Waals surface area (Å²) in [6.45, 7) is 10.1. The fourth-order valence-corrected chi connectivity index (χ4v) is 4.84. The monoisotopic (exact) mass is 441 g/mol. The Morgan fingerprint density at radius 3 is 2.45 bits per heavy atom. The van der Waals surface area contributed by atoms with Crippen molar-refractivity contribution in [3.63, 3.8) is 0 Å². The predicted octanol–water partition coefficient (Wildman–Crippen LogP) is 4.32. The lowest BCUT2D eigenvalue weighted by molar-refractivity contribution is 0.0808. The van der Waals surface area contributed by atoms with E-state index in [4.69, 9.17) is 4.74 Å². The summed E-state index contributed by atoms with van der Waals surface area (Å²) in [5, 5.41) is 0.868. The smallest absolute Gasteiger partial charge is 0.175 e. The van der Waals surface area contributed by atoms with Gasteiger partial charge in [0.1, 0.15) is 17.7 Å². The molecule has 0 radical (unpaired) electrons. The Morgan fingerprint density at radius 1 is 1.10 bits per heavy atom. The third-order valence-electron chi connectivity index (χ3n) is 5.59. The van der Waals surface area contributed by atoms with Gasteiger partial charge in [0.2, 0.25) is 0 Å². The van der Waals surface area contributed by atoms with Gasteiger partial charge in [-0.05, 0) is 54.7 Å². The van der Waals surface area contributed by atoms with Crippen LogP contribution in [0.15, 0.2) is 53.7 Å². The van der Waals surface area contributed by atoms with Crippen molar-refractivity contribution < 1.29 is 13.2 Å². The largest absolute Gasteiger partial charge is 0.489 e. The van der Waals surface area contributed by atoms with Crippen molar-refractivity contribution in [1.82, 2.24) is 14.5 Å². The molecule has 0 bridgehead atoms. The van der Waals surface area contributed by atoms with Gasteiger partial charge in [-0.15, -0.1) is 0 Å². The van der Waals surface area contributed by atoms with Crippen molar-refractivity contribution in [2.75, 3.05) is 25.9 Å². The first-order valence-electron chi connectivity index (χ1n) is 10.8. The Balaban J connectivity index is 1.42. The van der Waals surface area contributed by atoms with Crippen LogP contribution in [-0.4, -0.2) is 54.9 Å². The average Bonchev–Trinajstić information content (AvgIpc) is 3.12. The number of hydrogen-bond acceptors (Lipinski definition) is 5. The molecule has 1 fully saturated rings. The number of nitrogens with zero attached hydrogens (tertiary/aromatic N) is 3. The zero-order chi connectivity index (χ0) is 22.2. The van der Waals surface area contributed by atoms with Gasteiger partial charge in [-0.25, -0.2) is 13.4 Å². The molecule has 166 valence electrons. The molecule has 1 aliphatic heterocycles. The van der Waals surface area contributed by atoms with Gasteiger partial charge >= 0.3 is 0 Å². The highest BCUT2D eigenvalue weighted by Crippen LogP contribution is 2.25. The first-order valence-corrected chi connectivity index (χ1v) is 12.6. The van der Waals surface area contributed by atoms with E-state index in [9.17, 15) is 8.42 Å². The molecule has 0 spiro atoms. The Bertz CT molecular complexity index is 1150. The van der Waals surface area contributed by atoms with E-state index in [1.54, 1.807) is 18.3 Å². The van der Waals surface area contributed by atoms with Crippen LogP contribution in [0, 0.1) is 5.41 Å². The van der Waals surface area contributed by atoms with Crippen LogP contribution in [0.25, 0.3) is 16.7 Å². The molecule has 0 atom stereocenters. The summed E-state index contributed by atoms with van der Waals surface area (Å²) in [5.74, 6) is 1.56. The molecule has 0 unspecified atom stereocenters. The number of ether oxygens (including phenoxy) is 1. The van der Waals surface area contributed by atoms with Gasteiger partial charge in [0.15, 0.2) is 9.84 Å². The van der Waals surface area contributed by atoms with E-state index in [1.807, 2.05) is 35.0 Å². The van der Waals surface area contributed by atoms with Crippen LogP contribution in [-0.2, 0) is 9.84 Å². The van der Waals surface area contributed by atoms with Crippen LogP contribution in [0.3, 0.4) is 0 Å². The summed E-state index contributed by atoms with van der Waals surface area (Å²) in [6.07, 6.45) is 7.19. The molecule has 1 aliphatic rings. The van der Waals surface area contributed by atoms with E-state index >= 15 is 0 Å². The summed E-state index contributed by atoms with van der Waals surface area (Å²) >= 11 is 0. The molecule has 0 amide bonds. The summed E-state index contributed by atoms with van der Waals surface area (Å²) < 4.78 is 31.7. The van der Waals surface area contributed by atoms with Gasteiger partial charge in [0.05, 0.1) is 16.6 Å². The maximum atomic E-state index is 11.8. The van der Waals surface area contributed by atoms with E-state index < -0.39 is 9.84 Å². The lowest BCUT2D eigenvalue weighted by atomic mass is 9.94. The second-order valence-electron chi connectivity index (χ2n) is 9.68. The number of fused-ring (bicyclic) bond motifs is 1. The molecule has 3 aromatic rings. The third kappa shape index (κ3) is 5.28. The number of hydrogen-bond donors (Lipinski definition) is 0. The zero-order valence-corrected chi connectivity index (χ0v) is 19.5. The van der Waals surface area contributed by atoms with Crippen LogP contribution < -0.4 is 4.74 Å². The number of sulfone groups is 1. The van der Waals surface area contributed by atoms with E-state index in [0.29, 0.717) is 10.3 Å². The summed E-state index contributed by atoms with van der Waals surface area (Å²) in [6, 6.07) is 11.0. The molecule has 6 nitrogen and oxygen atoms in total. The highest BCUT2D eigenvalue weighted by atomic mass is 32.2. The first-order chi connectivity index (χ1) is 14.6. The first kappa shape index (κ1) is 21.8. The maximum Gasteiger partial charge on any atom is 0.175 e.